The number of amides is 1. The lowest BCUT2D eigenvalue weighted by atomic mass is 9.96. The summed E-state index contributed by atoms with van der Waals surface area (Å²) in [5.41, 5.74) is 1.11. The first-order valence-corrected chi connectivity index (χ1v) is 9.39. The Balaban J connectivity index is 1.33. The minimum Gasteiger partial charge on any atom is -0.497 e. The Bertz CT molecular complexity index is 716. The van der Waals surface area contributed by atoms with E-state index >= 15 is 0 Å². The van der Waals surface area contributed by atoms with E-state index in [0.717, 1.165) is 38.2 Å². The van der Waals surface area contributed by atoms with Crippen LogP contribution in [0.1, 0.15) is 18.5 Å². The van der Waals surface area contributed by atoms with Gasteiger partial charge in [0.15, 0.2) is 6.61 Å². The Morgan fingerprint density at radius 3 is 2.74 bits per heavy atom. The average molecular weight is 369 g/mol. The second-order valence-electron chi connectivity index (χ2n) is 6.81. The summed E-state index contributed by atoms with van der Waals surface area (Å²) in [7, 11) is 1.60. The highest BCUT2D eigenvalue weighted by Gasteiger charge is 2.20. The molecule has 144 valence electrons. The Morgan fingerprint density at radius 1 is 1.19 bits per heavy atom. The number of likely N-dealkylation sites (tertiary alicyclic amines) is 1. The summed E-state index contributed by atoms with van der Waals surface area (Å²) >= 11 is 0. The standard InChI is InChI=1S/C21H27N3O3/c1-26-19-6-4-7-20(13-19)27-16-21(25)23-14-17-8-11-24(12-9-17)15-18-5-2-3-10-22-18/h2-7,10,13,17H,8-9,11-12,14-16H2,1H3,(H,23,25). The average Bonchev–Trinajstić information content (AvgIpc) is 2.72. The summed E-state index contributed by atoms with van der Waals surface area (Å²) < 4.78 is 10.7. The van der Waals surface area contributed by atoms with Crippen LogP contribution in [0.5, 0.6) is 11.5 Å². The molecule has 6 nitrogen and oxygen atoms in total. The van der Waals surface area contributed by atoms with Gasteiger partial charge in [0.2, 0.25) is 0 Å². The van der Waals surface area contributed by atoms with Crippen molar-refractivity contribution in [2.75, 3.05) is 33.4 Å². The van der Waals surface area contributed by atoms with Crippen LogP contribution in [0.3, 0.4) is 0 Å². The molecule has 1 aliphatic rings. The maximum absolute atomic E-state index is 12.0. The summed E-state index contributed by atoms with van der Waals surface area (Å²) in [6, 6.07) is 13.3. The van der Waals surface area contributed by atoms with E-state index in [4.69, 9.17) is 9.47 Å². The quantitative estimate of drug-likeness (QED) is 0.775. The molecule has 1 saturated heterocycles. The Hall–Kier alpha value is -2.60. The number of carbonyl (C=O) groups is 1. The summed E-state index contributed by atoms with van der Waals surface area (Å²) in [4.78, 5) is 18.8. The maximum Gasteiger partial charge on any atom is 0.257 e. The fraction of sp³-hybridized carbons (Fsp3) is 0.429. The van der Waals surface area contributed by atoms with Gasteiger partial charge in [0.1, 0.15) is 11.5 Å². The third-order valence-corrected chi connectivity index (χ3v) is 4.82. The summed E-state index contributed by atoms with van der Waals surface area (Å²) in [5, 5.41) is 2.99. The predicted octanol–water partition coefficient (Wildman–Crippen LogP) is 2.50. The zero-order chi connectivity index (χ0) is 18.9. The van der Waals surface area contributed by atoms with E-state index in [1.165, 1.54) is 0 Å². The summed E-state index contributed by atoms with van der Waals surface area (Å²) in [6.07, 6.45) is 4.01. The van der Waals surface area contributed by atoms with Crippen LogP contribution in [0.15, 0.2) is 48.7 Å². The van der Waals surface area contributed by atoms with E-state index < -0.39 is 0 Å². The second kappa shape index (κ2) is 9.92. The molecular weight excluding hydrogens is 342 g/mol. The number of nitrogens with one attached hydrogen (secondary N) is 1. The monoisotopic (exact) mass is 369 g/mol. The van der Waals surface area contributed by atoms with Gasteiger partial charge < -0.3 is 14.8 Å². The number of hydrogen-bond donors (Lipinski definition) is 1. The van der Waals surface area contributed by atoms with Gasteiger partial charge in [0, 0.05) is 25.4 Å². The zero-order valence-corrected chi connectivity index (χ0v) is 15.8. The highest BCUT2D eigenvalue weighted by atomic mass is 16.5. The lowest BCUT2D eigenvalue weighted by Crippen LogP contribution is -2.39. The molecule has 1 aliphatic heterocycles. The van der Waals surface area contributed by atoms with Gasteiger partial charge in [0.25, 0.3) is 5.91 Å². The van der Waals surface area contributed by atoms with Crippen LogP contribution in [0, 0.1) is 5.92 Å². The molecule has 2 aromatic rings. The molecule has 1 aromatic carbocycles. The van der Waals surface area contributed by atoms with Crippen molar-refractivity contribution in [2.45, 2.75) is 19.4 Å². The number of piperidine rings is 1. The first-order chi connectivity index (χ1) is 13.2. The van der Waals surface area contributed by atoms with Gasteiger partial charge in [-0.25, -0.2) is 0 Å². The van der Waals surface area contributed by atoms with Crippen molar-refractivity contribution in [3.8, 4) is 11.5 Å². The van der Waals surface area contributed by atoms with Gasteiger partial charge in [-0.3, -0.25) is 14.7 Å². The second-order valence-corrected chi connectivity index (χ2v) is 6.81. The summed E-state index contributed by atoms with van der Waals surface area (Å²) in [5.74, 6) is 1.78. The number of nitrogens with zero attached hydrogens (tertiary/aromatic N) is 2. The molecule has 0 radical (unpaired) electrons. The normalized spacial score (nSPS) is 15.3. The van der Waals surface area contributed by atoms with Gasteiger partial charge >= 0.3 is 0 Å². The van der Waals surface area contributed by atoms with Crippen molar-refractivity contribution < 1.29 is 14.3 Å². The van der Waals surface area contributed by atoms with Gasteiger partial charge in [-0.15, -0.1) is 0 Å². The van der Waals surface area contributed by atoms with Crippen molar-refractivity contribution in [3.63, 3.8) is 0 Å². The molecular formula is C21H27N3O3. The minimum absolute atomic E-state index is 0.0195. The van der Waals surface area contributed by atoms with Crippen molar-refractivity contribution in [2.24, 2.45) is 5.92 Å². The lowest BCUT2D eigenvalue weighted by molar-refractivity contribution is -0.123. The van der Waals surface area contributed by atoms with Gasteiger partial charge in [-0.2, -0.15) is 0 Å². The van der Waals surface area contributed by atoms with Gasteiger partial charge in [0.05, 0.1) is 12.8 Å². The van der Waals surface area contributed by atoms with E-state index in [2.05, 4.69) is 21.3 Å². The molecule has 0 atom stereocenters. The summed E-state index contributed by atoms with van der Waals surface area (Å²) in [6.45, 7) is 3.70. The van der Waals surface area contributed by atoms with E-state index in [1.807, 2.05) is 36.5 Å². The van der Waals surface area contributed by atoms with Gasteiger partial charge in [-0.05, 0) is 56.1 Å². The SMILES string of the molecule is COc1cccc(OCC(=O)NCC2CCN(Cc3ccccn3)CC2)c1. The molecule has 1 aromatic heterocycles. The van der Waals surface area contributed by atoms with Crippen molar-refractivity contribution in [1.82, 2.24) is 15.2 Å². The third-order valence-electron chi connectivity index (χ3n) is 4.82. The fourth-order valence-corrected chi connectivity index (χ4v) is 3.22. The highest BCUT2D eigenvalue weighted by molar-refractivity contribution is 5.77. The van der Waals surface area contributed by atoms with Crippen LogP contribution < -0.4 is 14.8 Å². The first kappa shape index (κ1) is 19.2. The minimum atomic E-state index is -0.0891. The zero-order valence-electron chi connectivity index (χ0n) is 15.8. The van der Waals surface area contributed by atoms with Crippen LogP contribution in [0.4, 0.5) is 0 Å². The van der Waals surface area contributed by atoms with Crippen molar-refractivity contribution >= 4 is 5.91 Å². The molecule has 1 N–H and O–H groups in total. The Labute approximate surface area is 160 Å². The number of aromatic nitrogens is 1. The van der Waals surface area contributed by atoms with Gasteiger partial charge in [-0.1, -0.05) is 12.1 Å². The first-order valence-electron chi connectivity index (χ1n) is 9.39. The van der Waals surface area contributed by atoms with Crippen LogP contribution >= 0.6 is 0 Å². The Kier molecular flexibility index (Phi) is 7.04. The van der Waals surface area contributed by atoms with E-state index in [1.54, 1.807) is 13.2 Å². The van der Waals surface area contributed by atoms with Crippen LogP contribution in [0.25, 0.3) is 0 Å². The van der Waals surface area contributed by atoms with Crippen LogP contribution in [0.2, 0.25) is 0 Å². The number of pyridine rings is 1. The molecule has 3 rings (SSSR count). The molecule has 1 fully saturated rings. The number of ether oxygens (including phenoxy) is 2. The number of hydrogen-bond acceptors (Lipinski definition) is 5. The smallest absolute Gasteiger partial charge is 0.257 e. The largest absolute Gasteiger partial charge is 0.497 e. The van der Waals surface area contributed by atoms with Crippen LogP contribution in [-0.4, -0.2) is 49.1 Å². The van der Waals surface area contributed by atoms with Crippen molar-refractivity contribution in [1.29, 1.82) is 0 Å². The van der Waals surface area contributed by atoms with E-state index in [-0.39, 0.29) is 12.5 Å². The Morgan fingerprint density at radius 2 is 2.00 bits per heavy atom. The molecule has 2 heterocycles. The lowest BCUT2D eigenvalue weighted by Gasteiger charge is -2.31. The van der Waals surface area contributed by atoms with E-state index in [0.29, 0.717) is 24.0 Å². The molecule has 0 unspecified atom stereocenters. The topological polar surface area (TPSA) is 63.7 Å². The van der Waals surface area contributed by atoms with Crippen LogP contribution in [-0.2, 0) is 11.3 Å². The van der Waals surface area contributed by atoms with Crippen molar-refractivity contribution in [3.05, 3.63) is 54.4 Å². The third kappa shape index (κ3) is 6.25. The molecule has 27 heavy (non-hydrogen) atoms. The molecule has 0 aliphatic carbocycles. The number of rotatable bonds is 8. The molecule has 6 heteroatoms. The van der Waals surface area contributed by atoms with E-state index in [9.17, 15) is 4.79 Å². The highest BCUT2D eigenvalue weighted by Crippen LogP contribution is 2.19. The number of benzene rings is 1. The maximum atomic E-state index is 12.0. The molecule has 0 spiro atoms. The molecule has 1 amide bonds. The predicted molar refractivity (Wildman–Crippen MR) is 104 cm³/mol. The molecule has 0 saturated carbocycles. The molecule has 0 bridgehead atoms. The number of methoxy groups -OCH3 is 1. The number of carbonyl (C=O) groups excluding carboxylic acids is 1. The fourth-order valence-electron chi connectivity index (χ4n) is 3.22.